The lowest BCUT2D eigenvalue weighted by Gasteiger charge is -2.23. The van der Waals surface area contributed by atoms with Gasteiger partial charge in [0.25, 0.3) is 0 Å². The molecule has 0 amide bonds. The highest BCUT2D eigenvalue weighted by Gasteiger charge is 2.27. The first-order valence-corrected chi connectivity index (χ1v) is 10.6. The predicted octanol–water partition coefficient (Wildman–Crippen LogP) is 1.42. The van der Waals surface area contributed by atoms with Crippen molar-refractivity contribution in [3.63, 3.8) is 0 Å². The minimum absolute atomic E-state index is 0.0460. The number of carbonyl (C=O) groups is 1. The fraction of sp³-hybridized carbons (Fsp3) is 0.389. The molecule has 0 aliphatic heterocycles. The highest BCUT2D eigenvalue weighted by molar-refractivity contribution is 7.89. The van der Waals surface area contributed by atoms with Gasteiger partial charge in [-0.3, -0.25) is 14.9 Å². The number of aromatic nitrogens is 2. The third-order valence-corrected chi connectivity index (χ3v) is 4.77. The number of rotatable bonds is 8. The van der Waals surface area contributed by atoms with Gasteiger partial charge in [0, 0.05) is 13.6 Å². The number of sulfonamides is 1. The van der Waals surface area contributed by atoms with Crippen LogP contribution in [0.1, 0.15) is 26.3 Å². The van der Waals surface area contributed by atoms with Crippen molar-refractivity contribution in [1.82, 2.24) is 9.97 Å². The smallest absolute Gasteiger partial charge is 0.353 e. The zero-order valence-electron chi connectivity index (χ0n) is 17.5. The van der Waals surface area contributed by atoms with E-state index in [1.54, 1.807) is 20.8 Å². The first kappa shape index (κ1) is 24.0. The zero-order chi connectivity index (χ0) is 23.4. The molecule has 13 heteroatoms. The molecule has 12 nitrogen and oxygen atoms in total. The van der Waals surface area contributed by atoms with E-state index in [0.717, 1.165) is 6.33 Å². The van der Waals surface area contributed by atoms with Gasteiger partial charge in [-0.15, -0.1) is 0 Å². The molecule has 1 aromatic carbocycles. The molecule has 31 heavy (non-hydrogen) atoms. The van der Waals surface area contributed by atoms with Crippen LogP contribution in [-0.4, -0.2) is 48.5 Å². The molecule has 2 aromatic rings. The summed E-state index contributed by atoms with van der Waals surface area (Å²) in [5, 5.41) is 19.6. The van der Waals surface area contributed by atoms with Gasteiger partial charge in [0.15, 0.2) is 0 Å². The summed E-state index contributed by atoms with van der Waals surface area (Å²) in [7, 11) is -2.33. The molecule has 0 aliphatic rings. The van der Waals surface area contributed by atoms with Crippen molar-refractivity contribution in [2.45, 2.75) is 37.8 Å². The molecule has 0 atom stereocenters. The van der Waals surface area contributed by atoms with Gasteiger partial charge < -0.3 is 15.0 Å². The lowest BCUT2D eigenvalue weighted by Crippen LogP contribution is -2.33. The largest absolute Gasteiger partial charge is 0.459 e. The van der Waals surface area contributed by atoms with E-state index in [9.17, 15) is 23.3 Å². The van der Waals surface area contributed by atoms with E-state index in [1.165, 1.54) is 36.2 Å². The van der Waals surface area contributed by atoms with Crippen LogP contribution in [0.2, 0.25) is 0 Å². The van der Waals surface area contributed by atoms with Crippen molar-refractivity contribution in [3.8, 4) is 0 Å². The van der Waals surface area contributed by atoms with Crippen LogP contribution in [0, 0.1) is 10.1 Å². The number of nitrogens with one attached hydrogen (secondary N) is 1. The van der Waals surface area contributed by atoms with Crippen LogP contribution in [0.25, 0.3) is 0 Å². The number of primary sulfonamides is 1. The maximum Gasteiger partial charge on any atom is 0.353 e. The maximum absolute atomic E-state index is 12.1. The third kappa shape index (κ3) is 6.86. The van der Waals surface area contributed by atoms with Crippen molar-refractivity contribution < 1.29 is 22.9 Å². The topological polar surface area (TPSA) is 171 Å². The molecule has 0 saturated heterocycles. The molecule has 0 bridgehead atoms. The number of ether oxygens (including phenoxy) is 1. The Hall–Kier alpha value is -3.32. The maximum atomic E-state index is 12.1. The number of likely N-dealkylation sites (N-methyl/N-ethyl adjacent to an activating group) is 1. The minimum Gasteiger partial charge on any atom is -0.459 e. The quantitative estimate of drug-likeness (QED) is 0.339. The molecule has 0 spiro atoms. The average molecular weight is 452 g/mol. The number of hydrogen-bond donors (Lipinski definition) is 2. The number of benzene rings is 1. The number of nitrogens with zero attached hydrogens (tertiary/aromatic N) is 4. The summed E-state index contributed by atoms with van der Waals surface area (Å²) >= 11 is 0. The number of hydrogen-bond acceptors (Lipinski definition) is 10. The Kier molecular flexibility index (Phi) is 7.13. The van der Waals surface area contributed by atoms with Gasteiger partial charge in [0.2, 0.25) is 21.7 Å². The summed E-state index contributed by atoms with van der Waals surface area (Å²) in [5.41, 5.74) is -0.459. The molecule has 1 aromatic heterocycles. The Bertz CT molecular complexity index is 1070. The molecule has 3 N–H and O–H groups in total. The molecule has 0 unspecified atom stereocenters. The first-order chi connectivity index (χ1) is 14.3. The van der Waals surface area contributed by atoms with E-state index in [2.05, 4.69) is 15.3 Å². The van der Waals surface area contributed by atoms with Gasteiger partial charge in [-0.05, 0) is 38.5 Å². The zero-order valence-corrected chi connectivity index (χ0v) is 18.3. The van der Waals surface area contributed by atoms with Crippen LogP contribution in [0.15, 0.2) is 35.5 Å². The first-order valence-electron chi connectivity index (χ1n) is 9.06. The molecule has 2 rings (SSSR count). The lowest BCUT2D eigenvalue weighted by atomic mass is 10.2. The SMILES string of the molecule is CN(CC(=O)OC(C)(C)C)c1ncnc(NCc2ccc(S(N)(=O)=O)cc2)c1[N+](=O)[O-]. The van der Waals surface area contributed by atoms with Crippen molar-refractivity contribution >= 4 is 33.3 Å². The molecule has 1 heterocycles. The van der Waals surface area contributed by atoms with Crippen molar-refractivity contribution in [1.29, 1.82) is 0 Å². The van der Waals surface area contributed by atoms with E-state index in [-0.39, 0.29) is 29.6 Å². The number of nitrogens with two attached hydrogens (primary N) is 1. The molecule has 0 aliphatic carbocycles. The minimum atomic E-state index is -3.82. The Morgan fingerprint density at radius 1 is 1.26 bits per heavy atom. The molecule has 0 radical (unpaired) electrons. The number of nitro groups is 1. The number of esters is 1. The Balaban J connectivity index is 2.21. The Morgan fingerprint density at radius 3 is 2.39 bits per heavy atom. The summed E-state index contributed by atoms with van der Waals surface area (Å²) < 4.78 is 27.9. The van der Waals surface area contributed by atoms with Gasteiger partial charge in [0.05, 0.1) is 9.82 Å². The summed E-state index contributed by atoms with van der Waals surface area (Å²) in [6.07, 6.45) is 1.14. The highest BCUT2D eigenvalue weighted by atomic mass is 32.2. The van der Waals surface area contributed by atoms with E-state index < -0.39 is 32.2 Å². The van der Waals surface area contributed by atoms with Crippen LogP contribution < -0.4 is 15.4 Å². The fourth-order valence-corrected chi connectivity index (χ4v) is 3.09. The second kappa shape index (κ2) is 9.22. The lowest BCUT2D eigenvalue weighted by molar-refractivity contribution is -0.383. The second-order valence-electron chi connectivity index (χ2n) is 7.64. The Labute approximate surface area is 179 Å². The van der Waals surface area contributed by atoms with Crippen LogP contribution in [0.3, 0.4) is 0 Å². The standard InChI is InChI=1S/C18H24N6O6S/c1-18(2,3)30-14(25)10-23(4)17-15(24(26)27)16(21-11-22-17)20-9-12-5-7-13(8-6-12)31(19,28)29/h5-8,11H,9-10H2,1-4H3,(H2,19,28,29)(H,20,21,22). The predicted molar refractivity (Wildman–Crippen MR) is 113 cm³/mol. The Morgan fingerprint density at radius 2 is 1.87 bits per heavy atom. The van der Waals surface area contributed by atoms with Gasteiger partial charge in [-0.25, -0.2) is 23.5 Å². The monoisotopic (exact) mass is 452 g/mol. The van der Waals surface area contributed by atoms with Crippen molar-refractivity contribution in [3.05, 3.63) is 46.3 Å². The van der Waals surface area contributed by atoms with Gasteiger partial charge in [-0.1, -0.05) is 12.1 Å². The van der Waals surface area contributed by atoms with Crippen LogP contribution in [0.4, 0.5) is 17.3 Å². The summed E-state index contributed by atoms with van der Waals surface area (Å²) in [5.74, 6) is -0.674. The van der Waals surface area contributed by atoms with E-state index >= 15 is 0 Å². The van der Waals surface area contributed by atoms with Crippen LogP contribution in [0.5, 0.6) is 0 Å². The summed E-state index contributed by atoms with van der Waals surface area (Å²) in [6, 6.07) is 5.71. The van der Waals surface area contributed by atoms with E-state index in [1.807, 2.05) is 0 Å². The van der Waals surface area contributed by atoms with Crippen molar-refractivity contribution in [2.24, 2.45) is 5.14 Å². The summed E-state index contributed by atoms with van der Waals surface area (Å²) in [4.78, 5) is 32.3. The van der Waals surface area contributed by atoms with Gasteiger partial charge in [0.1, 0.15) is 18.5 Å². The van der Waals surface area contributed by atoms with Gasteiger partial charge >= 0.3 is 11.7 Å². The van der Waals surface area contributed by atoms with Crippen LogP contribution in [-0.2, 0) is 26.1 Å². The summed E-state index contributed by atoms with van der Waals surface area (Å²) in [6.45, 7) is 5.03. The second-order valence-corrected chi connectivity index (χ2v) is 9.20. The van der Waals surface area contributed by atoms with Gasteiger partial charge in [-0.2, -0.15) is 0 Å². The molecule has 168 valence electrons. The fourth-order valence-electron chi connectivity index (χ4n) is 2.57. The number of carbonyl (C=O) groups excluding carboxylic acids is 1. The molecule has 0 fully saturated rings. The highest BCUT2D eigenvalue weighted by Crippen LogP contribution is 2.31. The van der Waals surface area contributed by atoms with E-state index in [0.29, 0.717) is 5.56 Å². The number of anilines is 2. The molecular formula is C18H24N6O6S. The van der Waals surface area contributed by atoms with E-state index in [4.69, 9.17) is 9.88 Å². The molecular weight excluding hydrogens is 428 g/mol. The normalized spacial score (nSPS) is 11.6. The van der Waals surface area contributed by atoms with Crippen LogP contribution >= 0.6 is 0 Å². The average Bonchev–Trinajstić information content (AvgIpc) is 2.63. The van der Waals surface area contributed by atoms with Crippen molar-refractivity contribution in [2.75, 3.05) is 23.8 Å². The third-order valence-electron chi connectivity index (χ3n) is 3.85. The molecule has 0 saturated carbocycles.